The maximum Gasteiger partial charge on any atom is 0.331 e. The molecule has 0 saturated carbocycles. The second kappa shape index (κ2) is 4.80. The van der Waals surface area contributed by atoms with Crippen molar-refractivity contribution in [2.75, 3.05) is 5.73 Å². The molecule has 0 amide bonds. The number of nitrogens with one attached hydrogen (secondary N) is 1. The number of nitrogens with two attached hydrogens (primary N) is 1. The standard InChI is InChI=1S/C13H7BrF3N3O2/c14-4-1-2-6(5(15)3-4)20-11-8(17)7(16)9(18)12(21)10(11)19-13(20)22/h1-3,21H,18H2,(H,19,22). The Kier molecular flexibility index (Phi) is 3.17. The van der Waals surface area contributed by atoms with Crippen LogP contribution in [0.2, 0.25) is 0 Å². The van der Waals surface area contributed by atoms with Gasteiger partial charge in [0.15, 0.2) is 17.4 Å². The summed E-state index contributed by atoms with van der Waals surface area (Å²) < 4.78 is 42.9. The number of aromatic hydroxyl groups is 1. The molecule has 0 radical (unpaired) electrons. The molecular weight excluding hydrogens is 367 g/mol. The maximum atomic E-state index is 14.1. The highest BCUT2D eigenvalue weighted by molar-refractivity contribution is 9.10. The van der Waals surface area contributed by atoms with E-state index in [0.29, 0.717) is 9.04 Å². The molecule has 5 nitrogen and oxygen atoms in total. The molecule has 0 fully saturated rings. The molecule has 2 aromatic carbocycles. The average Bonchev–Trinajstić information content (AvgIpc) is 2.81. The number of halogens is 4. The number of rotatable bonds is 1. The summed E-state index contributed by atoms with van der Waals surface area (Å²) in [7, 11) is 0. The second-order valence-corrected chi connectivity index (χ2v) is 5.39. The van der Waals surface area contributed by atoms with Crippen LogP contribution in [0.3, 0.4) is 0 Å². The zero-order chi connectivity index (χ0) is 16.2. The number of benzene rings is 2. The first-order valence-corrected chi connectivity index (χ1v) is 6.67. The Hall–Kier alpha value is -2.42. The van der Waals surface area contributed by atoms with Crippen LogP contribution in [0.15, 0.2) is 27.5 Å². The van der Waals surface area contributed by atoms with E-state index in [-0.39, 0.29) is 5.69 Å². The van der Waals surface area contributed by atoms with Crippen LogP contribution in [0.25, 0.3) is 16.7 Å². The number of phenols is 1. The fraction of sp³-hybridized carbons (Fsp3) is 0. The summed E-state index contributed by atoms with van der Waals surface area (Å²) in [6.07, 6.45) is 0. The minimum Gasteiger partial charge on any atom is -0.504 e. The molecule has 0 aliphatic carbocycles. The van der Waals surface area contributed by atoms with Crippen LogP contribution in [-0.2, 0) is 0 Å². The van der Waals surface area contributed by atoms with E-state index in [1.807, 2.05) is 0 Å². The number of hydrogen-bond acceptors (Lipinski definition) is 3. The zero-order valence-electron chi connectivity index (χ0n) is 10.6. The van der Waals surface area contributed by atoms with Gasteiger partial charge in [-0.25, -0.2) is 18.0 Å². The van der Waals surface area contributed by atoms with Gasteiger partial charge in [0, 0.05) is 4.47 Å². The highest BCUT2D eigenvalue weighted by Crippen LogP contribution is 2.35. The predicted octanol–water partition coefficient (Wildman–Crippen LogP) is 2.79. The Labute approximate surface area is 128 Å². The summed E-state index contributed by atoms with van der Waals surface area (Å²) in [5.41, 5.74) is 2.09. The summed E-state index contributed by atoms with van der Waals surface area (Å²) in [6, 6.07) is 3.69. The third-order valence-electron chi connectivity index (χ3n) is 3.18. The van der Waals surface area contributed by atoms with E-state index in [1.165, 1.54) is 12.1 Å². The monoisotopic (exact) mass is 373 g/mol. The van der Waals surface area contributed by atoms with Crippen LogP contribution in [-0.4, -0.2) is 14.7 Å². The summed E-state index contributed by atoms with van der Waals surface area (Å²) in [5, 5.41) is 9.75. The molecule has 0 aliphatic rings. The van der Waals surface area contributed by atoms with E-state index < -0.39 is 45.6 Å². The van der Waals surface area contributed by atoms with Crippen molar-refractivity contribution in [3.8, 4) is 11.4 Å². The van der Waals surface area contributed by atoms with Crippen molar-refractivity contribution in [1.29, 1.82) is 0 Å². The molecule has 0 atom stereocenters. The molecule has 3 rings (SSSR count). The normalized spacial score (nSPS) is 11.3. The van der Waals surface area contributed by atoms with Gasteiger partial charge in [-0.3, -0.25) is 4.57 Å². The van der Waals surface area contributed by atoms with Crippen molar-refractivity contribution in [2.24, 2.45) is 0 Å². The van der Waals surface area contributed by atoms with Crippen molar-refractivity contribution >= 4 is 32.7 Å². The Morgan fingerprint density at radius 2 is 1.91 bits per heavy atom. The van der Waals surface area contributed by atoms with E-state index in [1.54, 1.807) is 0 Å². The molecule has 114 valence electrons. The fourth-order valence-electron chi connectivity index (χ4n) is 2.17. The van der Waals surface area contributed by atoms with Crippen molar-refractivity contribution in [3.05, 3.63) is 50.6 Å². The highest BCUT2D eigenvalue weighted by atomic mass is 79.9. The third kappa shape index (κ3) is 1.89. The van der Waals surface area contributed by atoms with Crippen LogP contribution >= 0.6 is 15.9 Å². The Balaban J connectivity index is 2.50. The van der Waals surface area contributed by atoms with Gasteiger partial charge in [0.2, 0.25) is 0 Å². The van der Waals surface area contributed by atoms with Gasteiger partial charge in [-0.1, -0.05) is 15.9 Å². The molecular formula is C13H7BrF3N3O2. The quantitative estimate of drug-likeness (QED) is 0.453. The van der Waals surface area contributed by atoms with Gasteiger partial charge in [0.05, 0.1) is 5.69 Å². The Morgan fingerprint density at radius 3 is 2.55 bits per heavy atom. The van der Waals surface area contributed by atoms with E-state index in [9.17, 15) is 23.1 Å². The number of fused-ring (bicyclic) bond motifs is 1. The molecule has 0 saturated heterocycles. The van der Waals surface area contributed by atoms with Crippen molar-refractivity contribution < 1.29 is 18.3 Å². The average molecular weight is 374 g/mol. The second-order valence-electron chi connectivity index (χ2n) is 4.48. The zero-order valence-corrected chi connectivity index (χ0v) is 12.2. The topological polar surface area (TPSA) is 84.0 Å². The van der Waals surface area contributed by atoms with E-state index in [4.69, 9.17) is 5.73 Å². The van der Waals surface area contributed by atoms with Gasteiger partial charge in [0.1, 0.15) is 22.5 Å². The van der Waals surface area contributed by atoms with Crippen LogP contribution in [0.5, 0.6) is 5.75 Å². The van der Waals surface area contributed by atoms with Gasteiger partial charge in [-0.2, -0.15) is 0 Å². The first-order chi connectivity index (χ1) is 10.3. The number of anilines is 1. The number of phenolic OH excluding ortho intramolecular Hbond substituents is 1. The minimum absolute atomic E-state index is 0.304. The van der Waals surface area contributed by atoms with Crippen molar-refractivity contribution in [1.82, 2.24) is 9.55 Å². The minimum atomic E-state index is -1.52. The van der Waals surface area contributed by atoms with Gasteiger partial charge >= 0.3 is 5.69 Å². The van der Waals surface area contributed by atoms with Crippen LogP contribution < -0.4 is 11.4 Å². The Bertz CT molecular complexity index is 981. The lowest BCUT2D eigenvalue weighted by Crippen LogP contribution is -2.16. The third-order valence-corrected chi connectivity index (χ3v) is 3.67. The molecule has 22 heavy (non-hydrogen) atoms. The molecule has 3 aromatic rings. The maximum absolute atomic E-state index is 14.1. The number of aromatic nitrogens is 2. The molecule has 0 bridgehead atoms. The first-order valence-electron chi connectivity index (χ1n) is 5.88. The smallest absolute Gasteiger partial charge is 0.331 e. The van der Waals surface area contributed by atoms with Gasteiger partial charge < -0.3 is 15.8 Å². The van der Waals surface area contributed by atoms with Crippen LogP contribution in [0.4, 0.5) is 18.9 Å². The lowest BCUT2D eigenvalue weighted by molar-refractivity contribution is 0.467. The number of aromatic amines is 1. The molecule has 0 spiro atoms. The van der Waals surface area contributed by atoms with Gasteiger partial charge in [0.25, 0.3) is 0 Å². The van der Waals surface area contributed by atoms with E-state index in [0.717, 1.165) is 6.07 Å². The summed E-state index contributed by atoms with van der Waals surface area (Å²) >= 11 is 3.05. The summed E-state index contributed by atoms with van der Waals surface area (Å²) in [5.74, 6) is -4.64. The molecule has 9 heteroatoms. The van der Waals surface area contributed by atoms with E-state index in [2.05, 4.69) is 20.9 Å². The Morgan fingerprint density at radius 1 is 1.23 bits per heavy atom. The molecule has 0 unspecified atom stereocenters. The van der Waals surface area contributed by atoms with Gasteiger partial charge in [-0.05, 0) is 18.2 Å². The first kappa shape index (κ1) is 14.5. The highest BCUT2D eigenvalue weighted by Gasteiger charge is 2.24. The van der Waals surface area contributed by atoms with Gasteiger partial charge in [-0.15, -0.1) is 0 Å². The molecule has 4 N–H and O–H groups in total. The number of hydrogen-bond donors (Lipinski definition) is 3. The fourth-order valence-corrected chi connectivity index (χ4v) is 2.50. The number of nitrogens with zero attached hydrogens (tertiary/aromatic N) is 1. The predicted molar refractivity (Wildman–Crippen MR) is 77.5 cm³/mol. The van der Waals surface area contributed by atoms with Crippen molar-refractivity contribution in [3.63, 3.8) is 0 Å². The summed E-state index contributed by atoms with van der Waals surface area (Å²) in [6.45, 7) is 0. The molecule has 1 aromatic heterocycles. The van der Waals surface area contributed by atoms with Crippen molar-refractivity contribution in [2.45, 2.75) is 0 Å². The van der Waals surface area contributed by atoms with E-state index >= 15 is 0 Å². The molecule has 0 aliphatic heterocycles. The van der Waals surface area contributed by atoms with Crippen LogP contribution in [0, 0.1) is 17.5 Å². The number of H-pyrrole nitrogens is 1. The largest absolute Gasteiger partial charge is 0.504 e. The lowest BCUT2D eigenvalue weighted by atomic mass is 10.2. The van der Waals surface area contributed by atoms with Crippen LogP contribution in [0.1, 0.15) is 0 Å². The lowest BCUT2D eigenvalue weighted by Gasteiger charge is -2.08. The molecule has 1 heterocycles. The number of nitrogen functional groups attached to an aromatic ring is 1. The number of imidazole rings is 1. The summed E-state index contributed by atoms with van der Waals surface area (Å²) in [4.78, 5) is 14.1. The SMILES string of the molecule is Nc1c(F)c(F)c2c([nH]c(=O)n2-c2ccc(Br)cc2F)c1O.